The topological polar surface area (TPSA) is 47.3 Å². The third-order valence-electron chi connectivity index (χ3n) is 3.00. The van der Waals surface area contributed by atoms with Crippen LogP contribution < -0.4 is 10.1 Å². The monoisotopic (exact) mass is 274 g/mol. The SMILES string of the molecule is Cc1cc(CN[C@@H](C)c2cccc(OC(C)C)c2)no1. The van der Waals surface area contributed by atoms with E-state index in [0.29, 0.717) is 6.54 Å². The third kappa shape index (κ3) is 4.10. The number of nitrogens with one attached hydrogen (secondary N) is 1. The van der Waals surface area contributed by atoms with Crippen LogP contribution in [-0.2, 0) is 6.54 Å². The van der Waals surface area contributed by atoms with Gasteiger partial charge in [0.25, 0.3) is 0 Å². The first kappa shape index (κ1) is 14.6. The lowest BCUT2D eigenvalue weighted by Crippen LogP contribution is -2.18. The van der Waals surface area contributed by atoms with Crippen molar-refractivity contribution in [2.24, 2.45) is 0 Å². The second-order valence-corrected chi connectivity index (χ2v) is 5.27. The first-order valence-electron chi connectivity index (χ1n) is 6.97. The van der Waals surface area contributed by atoms with E-state index in [9.17, 15) is 0 Å². The number of aryl methyl sites for hydroxylation is 1. The van der Waals surface area contributed by atoms with Crippen molar-refractivity contribution >= 4 is 0 Å². The number of benzene rings is 1. The number of hydrogen-bond acceptors (Lipinski definition) is 4. The van der Waals surface area contributed by atoms with Gasteiger partial charge in [-0.05, 0) is 45.4 Å². The van der Waals surface area contributed by atoms with Gasteiger partial charge in [-0.2, -0.15) is 0 Å². The van der Waals surface area contributed by atoms with Gasteiger partial charge >= 0.3 is 0 Å². The van der Waals surface area contributed by atoms with E-state index >= 15 is 0 Å². The number of rotatable bonds is 6. The molecule has 1 heterocycles. The average Bonchev–Trinajstić information content (AvgIpc) is 2.81. The van der Waals surface area contributed by atoms with Crippen LogP contribution in [0.4, 0.5) is 0 Å². The molecule has 0 radical (unpaired) electrons. The van der Waals surface area contributed by atoms with Crippen LogP contribution in [0.2, 0.25) is 0 Å². The Bertz CT molecular complexity index is 549. The summed E-state index contributed by atoms with van der Waals surface area (Å²) in [6, 6.07) is 10.3. The van der Waals surface area contributed by atoms with Gasteiger partial charge in [-0.1, -0.05) is 17.3 Å². The molecule has 1 aromatic heterocycles. The molecule has 1 aromatic carbocycles. The molecule has 0 unspecified atom stereocenters. The fraction of sp³-hybridized carbons (Fsp3) is 0.438. The summed E-state index contributed by atoms with van der Waals surface area (Å²) in [5, 5.41) is 7.41. The van der Waals surface area contributed by atoms with Crippen LogP contribution in [0.5, 0.6) is 5.75 Å². The highest BCUT2D eigenvalue weighted by molar-refractivity contribution is 5.30. The highest BCUT2D eigenvalue weighted by atomic mass is 16.5. The van der Waals surface area contributed by atoms with Crippen molar-refractivity contribution < 1.29 is 9.26 Å². The zero-order valence-electron chi connectivity index (χ0n) is 12.5. The summed E-state index contributed by atoms with van der Waals surface area (Å²) in [7, 11) is 0. The van der Waals surface area contributed by atoms with Crippen LogP contribution in [0.3, 0.4) is 0 Å². The van der Waals surface area contributed by atoms with Crippen molar-refractivity contribution in [2.75, 3.05) is 0 Å². The molecule has 0 aliphatic rings. The first-order chi connectivity index (χ1) is 9.54. The van der Waals surface area contributed by atoms with Crippen molar-refractivity contribution in [2.45, 2.75) is 46.4 Å². The highest BCUT2D eigenvalue weighted by Gasteiger charge is 2.08. The summed E-state index contributed by atoms with van der Waals surface area (Å²) in [5.74, 6) is 1.74. The van der Waals surface area contributed by atoms with Gasteiger partial charge in [-0.3, -0.25) is 0 Å². The van der Waals surface area contributed by atoms with Gasteiger partial charge in [0.05, 0.1) is 11.8 Å². The molecule has 1 N–H and O–H groups in total. The van der Waals surface area contributed by atoms with Gasteiger partial charge < -0.3 is 14.6 Å². The van der Waals surface area contributed by atoms with E-state index in [2.05, 4.69) is 29.5 Å². The van der Waals surface area contributed by atoms with E-state index in [1.54, 1.807) is 0 Å². The van der Waals surface area contributed by atoms with E-state index in [4.69, 9.17) is 9.26 Å². The Kier molecular flexibility index (Phi) is 4.79. The second-order valence-electron chi connectivity index (χ2n) is 5.27. The first-order valence-corrected chi connectivity index (χ1v) is 6.97. The number of nitrogens with zero attached hydrogens (tertiary/aromatic N) is 1. The Hall–Kier alpha value is -1.81. The maximum Gasteiger partial charge on any atom is 0.133 e. The smallest absolute Gasteiger partial charge is 0.133 e. The molecular weight excluding hydrogens is 252 g/mol. The molecule has 4 heteroatoms. The normalized spacial score (nSPS) is 12.7. The summed E-state index contributed by atoms with van der Waals surface area (Å²) < 4.78 is 10.8. The predicted octanol–water partition coefficient (Wildman–Crippen LogP) is 3.62. The van der Waals surface area contributed by atoms with Crippen LogP contribution >= 0.6 is 0 Å². The summed E-state index contributed by atoms with van der Waals surface area (Å²) in [5.41, 5.74) is 2.12. The van der Waals surface area contributed by atoms with Gasteiger partial charge in [0, 0.05) is 18.7 Å². The van der Waals surface area contributed by atoms with Crippen LogP contribution in [-0.4, -0.2) is 11.3 Å². The van der Waals surface area contributed by atoms with Gasteiger partial charge in [-0.25, -0.2) is 0 Å². The molecule has 1 atom stereocenters. The van der Waals surface area contributed by atoms with Crippen molar-refractivity contribution in [1.82, 2.24) is 10.5 Å². The van der Waals surface area contributed by atoms with E-state index in [0.717, 1.165) is 17.2 Å². The predicted molar refractivity (Wildman–Crippen MR) is 78.7 cm³/mol. The van der Waals surface area contributed by atoms with Gasteiger partial charge in [0.15, 0.2) is 0 Å². The molecule has 0 aliphatic carbocycles. The minimum Gasteiger partial charge on any atom is -0.491 e. The van der Waals surface area contributed by atoms with Crippen molar-refractivity contribution in [3.8, 4) is 5.75 Å². The largest absolute Gasteiger partial charge is 0.491 e. The number of hydrogen-bond donors (Lipinski definition) is 1. The molecule has 0 aliphatic heterocycles. The molecular formula is C16H22N2O2. The van der Waals surface area contributed by atoms with E-state index in [1.807, 2.05) is 39.0 Å². The van der Waals surface area contributed by atoms with Crippen LogP contribution in [0, 0.1) is 6.92 Å². The molecule has 2 aromatic rings. The molecule has 0 saturated heterocycles. The highest BCUT2D eigenvalue weighted by Crippen LogP contribution is 2.20. The van der Waals surface area contributed by atoms with Crippen LogP contribution in [0.25, 0.3) is 0 Å². The third-order valence-corrected chi connectivity index (χ3v) is 3.00. The lowest BCUT2D eigenvalue weighted by molar-refractivity contribution is 0.242. The van der Waals surface area contributed by atoms with Gasteiger partial charge in [-0.15, -0.1) is 0 Å². The zero-order valence-corrected chi connectivity index (χ0v) is 12.5. The standard InChI is InChI=1S/C16H22N2O2/c1-11(2)19-16-7-5-6-14(9-16)13(4)17-10-15-8-12(3)20-18-15/h5-9,11,13,17H,10H2,1-4H3/t13-/m0/s1. The van der Waals surface area contributed by atoms with Crippen molar-refractivity contribution in [3.63, 3.8) is 0 Å². The minimum absolute atomic E-state index is 0.187. The Morgan fingerprint density at radius 2 is 2.05 bits per heavy atom. The van der Waals surface area contributed by atoms with E-state index in [1.165, 1.54) is 5.56 Å². The molecule has 0 saturated carbocycles. The number of aromatic nitrogens is 1. The summed E-state index contributed by atoms with van der Waals surface area (Å²) in [4.78, 5) is 0. The second kappa shape index (κ2) is 6.57. The molecule has 0 spiro atoms. The lowest BCUT2D eigenvalue weighted by Gasteiger charge is -2.16. The molecule has 20 heavy (non-hydrogen) atoms. The quantitative estimate of drug-likeness (QED) is 0.874. The fourth-order valence-corrected chi connectivity index (χ4v) is 2.01. The molecule has 108 valence electrons. The van der Waals surface area contributed by atoms with Gasteiger partial charge in [0.2, 0.25) is 0 Å². The van der Waals surface area contributed by atoms with Gasteiger partial charge in [0.1, 0.15) is 11.5 Å². The summed E-state index contributed by atoms with van der Waals surface area (Å²) in [6.07, 6.45) is 0.187. The van der Waals surface area contributed by atoms with E-state index in [-0.39, 0.29) is 12.1 Å². The molecule has 4 nitrogen and oxygen atoms in total. The Morgan fingerprint density at radius 1 is 1.25 bits per heavy atom. The van der Waals surface area contributed by atoms with Crippen LogP contribution in [0.15, 0.2) is 34.9 Å². The number of ether oxygens (including phenoxy) is 1. The molecule has 2 rings (SSSR count). The summed E-state index contributed by atoms with van der Waals surface area (Å²) in [6.45, 7) is 8.77. The Labute approximate surface area is 120 Å². The average molecular weight is 274 g/mol. The molecule has 0 fully saturated rings. The molecule has 0 bridgehead atoms. The minimum atomic E-state index is 0.187. The van der Waals surface area contributed by atoms with Crippen molar-refractivity contribution in [3.05, 3.63) is 47.3 Å². The van der Waals surface area contributed by atoms with Crippen LogP contribution in [0.1, 0.15) is 43.8 Å². The zero-order chi connectivity index (χ0) is 14.5. The van der Waals surface area contributed by atoms with E-state index < -0.39 is 0 Å². The Morgan fingerprint density at radius 3 is 2.70 bits per heavy atom. The maximum absolute atomic E-state index is 5.72. The fourth-order valence-electron chi connectivity index (χ4n) is 2.01. The lowest BCUT2D eigenvalue weighted by atomic mass is 10.1. The van der Waals surface area contributed by atoms with Crippen molar-refractivity contribution in [1.29, 1.82) is 0 Å². The Balaban J connectivity index is 1.96. The summed E-state index contributed by atoms with van der Waals surface area (Å²) >= 11 is 0. The molecule has 0 amide bonds. The maximum atomic E-state index is 5.72.